The van der Waals surface area contributed by atoms with Crippen molar-refractivity contribution in [2.75, 3.05) is 26.7 Å². The number of nitrogens with one attached hydrogen (secondary N) is 2. The zero-order valence-electron chi connectivity index (χ0n) is 15.0. The number of nitrogens with zero attached hydrogens (tertiary/aromatic N) is 1. The van der Waals surface area contributed by atoms with Crippen molar-refractivity contribution in [3.8, 4) is 0 Å². The third kappa shape index (κ3) is 12.0. The molecule has 5 nitrogen and oxygen atoms in total. The minimum absolute atomic E-state index is 0. The van der Waals surface area contributed by atoms with E-state index in [1.165, 1.54) is 12.7 Å². The number of hydrogen-bond acceptors (Lipinski definition) is 3. The van der Waals surface area contributed by atoms with Crippen LogP contribution in [0.25, 0.3) is 0 Å². The highest BCUT2D eigenvalue weighted by Gasteiger charge is 2.00. The van der Waals surface area contributed by atoms with Crippen LogP contribution >= 0.6 is 35.6 Å². The number of hydrogen-bond donors (Lipinski definition) is 2. The lowest BCUT2D eigenvalue weighted by Gasteiger charge is -2.11. The molecule has 7 heteroatoms. The van der Waals surface area contributed by atoms with E-state index >= 15 is 0 Å². The molecule has 0 aliphatic heterocycles. The van der Waals surface area contributed by atoms with Crippen LogP contribution in [0.1, 0.15) is 38.2 Å². The lowest BCUT2D eigenvalue weighted by molar-refractivity contribution is -0.140. The molecule has 0 aliphatic carbocycles. The van der Waals surface area contributed by atoms with Crippen LogP contribution in [0.4, 0.5) is 0 Å². The van der Waals surface area contributed by atoms with E-state index in [0.29, 0.717) is 6.42 Å². The Morgan fingerprint density at radius 3 is 2.72 bits per heavy atom. The average molecular weight is 482 g/mol. The van der Waals surface area contributed by atoms with Crippen molar-refractivity contribution in [2.24, 2.45) is 4.99 Å². The first kappa shape index (κ1) is 24.0. The zero-order chi connectivity index (χ0) is 17.6. The zero-order valence-corrected chi connectivity index (χ0v) is 18.1. The first-order valence-electron chi connectivity index (χ1n) is 8.49. The lowest BCUT2D eigenvalue weighted by Crippen LogP contribution is -2.38. The van der Waals surface area contributed by atoms with E-state index in [9.17, 15) is 4.79 Å². The molecule has 0 aromatic heterocycles. The van der Waals surface area contributed by atoms with E-state index in [1.807, 2.05) is 25.1 Å². The van der Waals surface area contributed by atoms with Crippen molar-refractivity contribution in [3.63, 3.8) is 0 Å². The van der Waals surface area contributed by atoms with Crippen LogP contribution in [-0.2, 0) is 16.0 Å². The molecule has 0 aliphatic rings. The van der Waals surface area contributed by atoms with Gasteiger partial charge in [0.05, 0.1) is 7.11 Å². The monoisotopic (exact) mass is 481 g/mol. The second-order valence-corrected chi connectivity index (χ2v) is 5.89. The van der Waals surface area contributed by atoms with E-state index in [1.54, 1.807) is 0 Å². The minimum atomic E-state index is -0.144. The lowest BCUT2D eigenvalue weighted by atomic mass is 10.1. The first-order chi connectivity index (χ1) is 11.7. The third-order valence-corrected chi connectivity index (χ3v) is 3.71. The van der Waals surface area contributed by atoms with Gasteiger partial charge in [-0.15, -0.1) is 24.0 Å². The van der Waals surface area contributed by atoms with Crippen molar-refractivity contribution < 1.29 is 9.53 Å². The van der Waals surface area contributed by atoms with Crippen molar-refractivity contribution in [2.45, 2.75) is 39.0 Å². The van der Waals surface area contributed by atoms with Crippen LogP contribution in [0.15, 0.2) is 29.3 Å². The molecule has 0 bridgehead atoms. The molecule has 142 valence electrons. The highest BCUT2D eigenvalue weighted by Crippen LogP contribution is 2.10. The summed E-state index contributed by atoms with van der Waals surface area (Å²) in [5, 5.41) is 7.33. The third-order valence-electron chi connectivity index (χ3n) is 3.48. The molecule has 1 aromatic carbocycles. The Bertz CT molecular complexity index is 527. The number of halogens is 2. The van der Waals surface area contributed by atoms with Gasteiger partial charge in [0.25, 0.3) is 0 Å². The maximum Gasteiger partial charge on any atom is 0.305 e. The molecule has 0 saturated heterocycles. The van der Waals surface area contributed by atoms with Crippen LogP contribution in [0.3, 0.4) is 0 Å². The van der Waals surface area contributed by atoms with Gasteiger partial charge in [0.15, 0.2) is 5.96 Å². The van der Waals surface area contributed by atoms with Crippen LogP contribution in [0.5, 0.6) is 0 Å². The van der Waals surface area contributed by atoms with E-state index in [2.05, 4.69) is 26.4 Å². The normalized spacial score (nSPS) is 10.8. The van der Waals surface area contributed by atoms with E-state index in [-0.39, 0.29) is 29.9 Å². The second kappa shape index (κ2) is 15.3. The number of esters is 1. The number of ether oxygens (including phenoxy) is 1. The number of benzene rings is 1. The van der Waals surface area contributed by atoms with Crippen LogP contribution in [0.2, 0.25) is 5.02 Å². The average Bonchev–Trinajstić information content (AvgIpc) is 2.57. The van der Waals surface area contributed by atoms with Crippen molar-refractivity contribution in [1.82, 2.24) is 10.6 Å². The molecule has 0 saturated carbocycles. The summed E-state index contributed by atoms with van der Waals surface area (Å²) in [6.07, 6.45) is 4.16. The molecule has 0 unspecified atom stereocenters. The smallest absolute Gasteiger partial charge is 0.305 e. The second-order valence-electron chi connectivity index (χ2n) is 5.45. The van der Waals surface area contributed by atoms with Crippen molar-refractivity contribution in [1.29, 1.82) is 0 Å². The fraction of sp³-hybridized carbons (Fsp3) is 0.556. The van der Waals surface area contributed by atoms with Gasteiger partial charge in [-0.25, -0.2) is 0 Å². The molecular weight excluding hydrogens is 453 g/mol. The Labute approximate surface area is 173 Å². The number of aliphatic imine (C=N–C) groups is 1. The molecule has 0 fully saturated rings. The van der Waals surface area contributed by atoms with Gasteiger partial charge in [0.1, 0.15) is 0 Å². The van der Waals surface area contributed by atoms with E-state index in [4.69, 9.17) is 11.6 Å². The number of unbranched alkanes of at least 4 members (excludes halogenated alkanes) is 2. The van der Waals surface area contributed by atoms with Crippen molar-refractivity contribution in [3.05, 3.63) is 34.9 Å². The number of carbonyl (C=O) groups excluding carboxylic acids is 1. The van der Waals surface area contributed by atoms with Gasteiger partial charge in [0.2, 0.25) is 0 Å². The topological polar surface area (TPSA) is 62.7 Å². The summed E-state index contributed by atoms with van der Waals surface area (Å²) in [5.74, 6) is 0.682. The number of guanidine groups is 1. The van der Waals surface area contributed by atoms with E-state index < -0.39 is 0 Å². The standard InChI is InChI=1S/C18H28ClN3O2.HI/c1-3-20-18(21-12-6-4-5-10-17(23)24-2)22-13-11-15-8-7-9-16(19)14-15;/h7-9,14H,3-6,10-13H2,1-2H3,(H2,20,21,22);1H. The number of methoxy groups -OCH3 is 1. The maximum atomic E-state index is 11.0. The summed E-state index contributed by atoms with van der Waals surface area (Å²) in [6.45, 7) is 4.41. The Hall–Kier alpha value is -1.02. The summed E-state index contributed by atoms with van der Waals surface area (Å²) in [7, 11) is 1.42. The summed E-state index contributed by atoms with van der Waals surface area (Å²) in [6, 6.07) is 7.89. The number of rotatable bonds is 10. The van der Waals surface area contributed by atoms with Gasteiger partial charge < -0.3 is 15.4 Å². The predicted octanol–water partition coefficient (Wildman–Crippen LogP) is 3.79. The predicted molar refractivity (Wildman–Crippen MR) is 115 cm³/mol. The Morgan fingerprint density at radius 2 is 2.04 bits per heavy atom. The SMILES string of the molecule is CCNC(=NCCCCCC(=O)OC)NCCc1cccc(Cl)c1.I. The molecule has 0 atom stereocenters. The fourth-order valence-electron chi connectivity index (χ4n) is 2.21. The molecule has 0 amide bonds. The molecule has 25 heavy (non-hydrogen) atoms. The molecule has 0 radical (unpaired) electrons. The Balaban J connectivity index is 0.00000576. The summed E-state index contributed by atoms with van der Waals surface area (Å²) < 4.78 is 4.62. The van der Waals surface area contributed by atoms with Crippen molar-refractivity contribution >= 4 is 47.5 Å². The number of carbonyl (C=O) groups is 1. The van der Waals surface area contributed by atoms with Gasteiger partial charge in [0, 0.05) is 31.1 Å². The van der Waals surface area contributed by atoms with Gasteiger partial charge >= 0.3 is 5.97 Å². The summed E-state index contributed by atoms with van der Waals surface area (Å²) in [4.78, 5) is 15.6. The van der Waals surface area contributed by atoms with Crippen LogP contribution in [-0.4, -0.2) is 38.7 Å². The van der Waals surface area contributed by atoms with Gasteiger partial charge in [-0.05, 0) is 43.9 Å². The van der Waals surface area contributed by atoms with Crippen LogP contribution in [0, 0.1) is 0 Å². The molecule has 2 N–H and O–H groups in total. The molecule has 0 spiro atoms. The molecule has 1 rings (SSSR count). The maximum absolute atomic E-state index is 11.0. The fourth-order valence-corrected chi connectivity index (χ4v) is 2.42. The van der Waals surface area contributed by atoms with Crippen LogP contribution < -0.4 is 10.6 Å². The van der Waals surface area contributed by atoms with Gasteiger partial charge in [-0.3, -0.25) is 9.79 Å². The highest BCUT2D eigenvalue weighted by molar-refractivity contribution is 14.0. The minimum Gasteiger partial charge on any atom is -0.469 e. The Morgan fingerprint density at radius 1 is 1.24 bits per heavy atom. The quantitative estimate of drug-likeness (QED) is 0.175. The largest absolute Gasteiger partial charge is 0.469 e. The molecular formula is C18H29ClIN3O2. The molecule has 1 aromatic rings. The van der Waals surface area contributed by atoms with Gasteiger partial charge in [-0.2, -0.15) is 0 Å². The van der Waals surface area contributed by atoms with Gasteiger partial charge in [-0.1, -0.05) is 30.2 Å². The summed E-state index contributed by atoms with van der Waals surface area (Å²) in [5.41, 5.74) is 1.20. The molecule has 0 heterocycles. The first-order valence-corrected chi connectivity index (χ1v) is 8.87. The Kier molecular flexibility index (Phi) is 14.6. The summed E-state index contributed by atoms with van der Waals surface area (Å²) >= 11 is 5.99. The van der Waals surface area contributed by atoms with E-state index in [0.717, 1.165) is 56.3 Å². The highest BCUT2D eigenvalue weighted by atomic mass is 127.